The second kappa shape index (κ2) is 10.2. The van der Waals surface area contributed by atoms with Gasteiger partial charge in [0.2, 0.25) is 0 Å². The minimum Gasteiger partial charge on any atom is -0.456 e. The highest BCUT2D eigenvalue weighted by atomic mass is 35.5. The molecule has 0 unspecified atom stereocenters. The molecule has 4 aliphatic rings. The van der Waals surface area contributed by atoms with Gasteiger partial charge in [-0.3, -0.25) is 19.7 Å². The van der Waals surface area contributed by atoms with Gasteiger partial charge in [-0.05, 0) is 80.8 Å². The second-order valence-corrected chi connectivity index (χ2v) is 11.4. The molecule has 4 aliphatic carbocycles. The lowest BCUT2D eigenvalue weighted by atomic mass is 9.48. The molecule has 8 nitrogen and oxygen atoms in total. The predicted octanol–water partition coefficient (Wildman–Crippen LogP) is 4.43. The van der Waals surface area contributed by atoms with Gasteiger partial charge in [0.15, 0.2) is 12.4 Å². The highest BCUT2D eigenvalue weighted by Gasteiger charge is 2.54. The maximum atomic E-state index is 13.2. The summed E-state index contributed by atoms with van der Waals surface area (Å²) < 4.78 is 5.44. The van der Waals surface area contributed by atoms with Crippen molar-refractivity contribution >= 4 is 46.7 Å². The van der Waals surface area contributed by atoms with E-state index in [0.717, 1.165) is 25.3 Å². The molecule has 1 atom stereocenters. The van der Waals surface area contributed by atoms with Crippen LogP contribution in [0, 0.1) is 33.3 Å². The average Bonchev–Trinajstić information content (AvgIpc) is 2.78. The maximum absolute atomic E-state index is 13.2. The van der Waals surface area contributed by atoms with Crippen LogP contribution < -0.4 is 5.32 Å². The van der Waals surface area contributed by atoms with E-state index in [-0.39, 0.29) is 34.1 Å². The Labute approximate surface area is 207 Å². The van der Waals surface area contributed by atoms with E-state index >= 15 is 0 Å². The van der Waals surface area contributed by atoms with Crippen LogP contribution in [0.5, 0.6) is 0 Å². The first-order valence-electron chi connectivity index (χ1n) is 11.6. The molecule has 10 heteroatoms. The molecule has 0 radical (unpaired) electrons. The Balaban J connectivity index is 1.38. The minimum absolute atomic E-state index is 0.00769. The zero-order chi connectivity index (χ0) is 24.5. The topological polar surface area (TPSA) is 116 Å². The molecule has 34 heavy (non-hydrogen) atoms. The van der Waals surface area contributed by atoms with Crippen LogP contribution in [0.4, 0.5) is 5.69 Å². The number of ether oxygens (including phenoxy) is 1. The zero-order valence-corrected chi connectivity index (χ0v) is 20.7. The van der Waals surface area contributed by atoms with Gasteiger partial charge in [-0.1, -0.05) is 11.6 Å². The smallest absolute Gasteiger partial charge is 0.329 e. The number of nitrogens with zero attached hydrogens (tertiary/aromatic N) is 1. The standard InChI is InChI=1S/C24H29ClN2O6S/c1-34-5-4-20(26-22(29)18-3-2-17(27(31)32)9-19(18)25)23(30)33-13-21(28)24-10-14-6-15(11-24)8-16(7-14)12-24/h2-3,9,14-16,20H,4-8,10-13H2,1H3,(H,26,29)/t14?,15?,16?,20-,24?/m0/s1. The van der Waals surface area contributed by atoms with E-state index < -0.39 is 22.8 Å². The number of esters is 1. The largest absolute Gasteiger partial charge is 0.456 e. The third-order valence-electron chi connectivity index (χ3n) is 7.58. The minimum atomic E-state index is -0.949. The monoisotopic (exact) mass is 508 g/mol. The Bertz CT molecular complexity index is 964. The third-order valence-corrected chi connectivity index (χ3v) is 8.54. The van der Waals surface area contributed by atoms with E-state index in [0.29, 0.717) is 29.9 Å². The van der Waals surface area contributed by atoms with Gasteiger partial charge in [0.05, 0.1) is 15.5 Å². The predicted molar refractivity (Wildman–Crippen MR) is 129 cm³/mol. The first-order valence-corrected chi connectivity index (χ1v) is 13.4. The van der Waals surface area contributed by atoms with E-state index in [1.807, 2.05) is 6.26 Å². The van der Waals surface area contributed by atoms with E-state index in [1.54, 1.807) is 0 Å². The van der Waals surface area contributed by atoms with Crippen LogP contribution in [0.1, 0.15) is 55.3 Å². The van der Waals surface area contributed by atoms with Crippen LogP contribution in [-0.4, -0.2) is 47.2 Å². The van der Waals surface area contributed by atoms with Gasteiger partial charge < -0.3 is 10.1 Å². The molecule has 0 saturated heterocycles. The van der Waals surface area contributed by atoms with Crippen LogP contribution in [-0.2, 0) is 14.3 Å². The molecule has 4 saturated carbocycles. The molecule has 0 heterocycles. The highest BCUT2D eigenvalue weighted by molar-refractivity contribution is 7.98. The number of halogens is 1. The molecular formula is C24H29ClN2O6S. The number of hydrogen-bond acceptors (Lipinski definition) is 7. The SMILES string of the molecule is CSCC[C@H](NC(=O)c1ccc([N+](=O)[O-])cc1Cl)C(=O)OCC(=O)C12CC3CC(CC(C3)C1)C2. The second-order valence-electron chi connectivity index (χ2n) is 9.96. The van der Waals surface area contributed by atoms with Gasteiger partial charge in [0.1, 0.15) is 6.04 Å². The number of non-ortho nitro benzene ring substituents is 1. The Morgan fingerprint density at radius 2 is 1.82 bits per heavy atom. The fourth-order valence-electron chi connectivity index (χ4n) is 6.36. The van der Waals surface area contributed by atoms with Crippen molar-refractivity contribution in [1.82, 2.24) is 5.32 Å². The van der Waals surface area contributed by atoms with Crippen molar-refractivity contribution in [3.63, 3.8) is 0 Å². The molecule has 0 aromatic heterocycles. The number of ketones is 1. The number of benzene rings is 1. The molecule has 4 fully saturated rings. The molecule has 4 bridgehead atoms. The molecule has 184 valence electrons. The third kappa shape index (κ3) is 5.25. The van der Waals surface area contributed by atoms with E-state index in [2.05, 4.69) is 5.32 Å². The van der Waals surface area contributed by atoms with E-state index in [9.17, 15) is 24.5 Å². The summed E-state index contributed by atoms with van der Waals surface area (Å²) in [5.74, 6) is 1.17. The Hall–Kier alpha value is -2.13. The molecule has 1 N–H and O–H groups in total. The van der Waals surface area contributed by atoms with E-state index in [4.69, 9.17) is 16.3 Å². The number of amides is 1. The Morgan fingerprint density at radius 1 is 1.21 bits per heavy atom. The summed E-state index contributed by atoms with van der Waals surface area (Å²) in [4.78, 5) is 49.1. The van der Waals surface area contributed by atoms with Gasteiger partial charge in [0.25, 0.3) is 11.6 Å². The fourth-order valence-corrected chi connectivity index (χ4v) is 7.10. The number of nitrogens with one attached hydrogen (secondary N) is 1. The number of nitro groups is 1. The lowest BCUT2D eigenvalue weighted by Gasteiger charge is -2.55. The Kier molecular flexibility index (Phi) is 7.52. The van der Waals surface area contributed by atoms with Crippen molar-refractivity contribution < 1.29 is 24.0 Å². The van der Waals surface area contributed by atoms with E-state index in [1.165, 1.54) is 43.2 Å². The van der Waals surface area contributed by atoms with Crippen LogP contribution in [0.25, 0.3) is 0 Å². The molecule has 0 aliphatic heterocycles. The van der Waals surface area contributed by atoms with Crippen molar-refractivity contribution in [3.05, 3.63) is 38.9 Å². The lowest BCUT2D eigenvalue weighted by Crippen LogP contribution is -2.51. The first-order chi connectivity index (χ1) is 16.2. The summed E-state index contributed by atoms with van der Waals surface area (Å²) in [6.07, 6.45) is 8.58. The Morgan fingerprint density at radius 3 is 2.35 bits per heavy atom. The average molecular weight is 509 g/mol. The fraction of sp³-hybridized carbons (Fsp3) is 0.625. The quantitative estimate of drug-likeness (QED) is 0.282. The number of carbonyl (C=O) groups excluding carboxylic acids is 3. The number of hydrogen-bond donors (Lipinski definition) is 1. The van der Waals surface area contributed by atoms with Crippen molar-refractivity contribution in [3.8, 4) is 0 Å². The van der Waals surface area contributed by atoms with Crippen molar-refractivity contribution in [1.29, 1.82) is 0 Å². The molecular weight excluding hydrogens is 480 g/mol. The normalized spacial score (nSPS) is 27.8. The summed E-state index contributed by atoms with van der Waals surface area (Å²) in [6, 6.07) is 2.58. The summed E-state index contributed by atoms with van der Waals surface area (Å²) >= 11 is 7.57. The molecule has 1 aromatic carbocycles. The van der Waals surface area contributed by atoms with Crippen LogP contribution in [0.15, 0.2) is 18.2 Å². The highest BCUT2D eigenvalue weighted by Crippen LogP contribution is 2.60. The van der Waals surface area contributed by atoms with Crippen LogP contribution in [0.3, 0.4) is 0 Å². The molecule has 5 rings (SSSR count). The summed E-state index contributed by atoms with van der Waals surface area (Å²) in [5.41, 5.74) is -0.554. The van der Waals surface area contributed by atoms with Gasteiger partial charge in [-0.15, -0.1) is 0 Å². The number of rotatable bonds is 10. The van der Waals surface area contributed by atoms with Crippen LogP contribution in [0.2, 0.25) is 5.02 Å². The number of nitro benzene ring substituents is 1. The van der Waals surface area contributed by atoms with Crippen molar-refractivity contribution in [2.75, 3.05) is 18.6 Å². The summed E-state index contributed by atoms with van der Waals surface area (Å²) in [6.45, 7) is -0.269. The maximum Gasteiger partial charge on any atom is 0.329 e. The van der Waals surface area contributed by atoms with Gasteiger partial charge in [0, 0.05) is 17.5 Å². The molecule has 0 spiro atoms. The van der Waals surface area contributed by atoms with Crippen LogP contribution >= 0.6 is 23.4 Å². The number of carbonyl (C=O) groups is 3. The summed E-state index contributed by atoms with van der Waals surface area (Å²) in [5, 5.41) is 13.4. The summed E-state index contributed by atoms with van der Waals surface area (Å²) in [7, 11) is 0. The first kappa shape index (κ1) is 25.0. The van der Waals surface area contributed by atoms with Crippen molar-refractivity contribution in [2.45, 2.75) is 51.0 Å². The van der Waals surface area contributed by atoms with Gasteiger partial charge in [-0.25, -0.2) is 4.79 Å². The molecule has 1 amide bonds. The molecule has 1 aromatic rings. The van der Waals surface area contributed by atoms with Crippen molar-refractivity contribution in [2.24, 2.45) is 23.2 Å². The number of thioether (sulfide) groups is 1. The lowest BCUT2D eigenvalue weighted by molar-refractivity contribution is -0.384. The van der Waals surface area contributed by atoms with Gasteiger partial charge in [-0.2, -0.15) is 11.8 Å². The van der Waals surface area contributed by atoms with Gasteiger partial charge >= 0.3 is 5.97 Å². The number of Topliss-reactive ketones (excluding diaryl/α,β-unsaturated/α-hetero) is 1. The zero-order valence-electron chi connectivity index (χ0n) is 19.1.